The summed E-state index contributed by atoms with van der Waals surface area (Å²) in [5.41, 5.74) is 2.65. The Hall–Kier alpha value is -2.63. The number of aromatic carboxylic acids is 1. The van der Waals surface area contributed by atoms with Crippen LogP contribution < -0.4 is 0 Å². The van der Waals surface area contributed by atoms with Crippen LogP contribution in [0.2, 0.25) is 0 Å². The molecule has 0 amide bonds. The normalized spacial score (nSPS) is 11.1. The van der Waals surface area contributed by atoms with Gasteiger partial charge in [-0.15, -0.1) is 0 Å². The summed E-state index contributed by atoms with van der Waals surface area (Å²) in [5.74, 6) is 0.669. The molecule has 0 aliphatic rings. The van der Waals surface area contributed by atoms with Gasteiger partial charge in [0.25, 0.3) is 0 Å². The largest absolute Gasteiger partial charge is 0.478 e. The molecule has 0 saturated heterocycles. The highest BCUT2D eigenvalue weighted by Gasteiger charge is 2.14. The minimum Gasteiger partial charge on any atom is -0.478 e. The average molecular weight is 285 g/mol. The van der Waals surface area contributed by atoms with Crippen molar-refractivity contribution >= 4 is 17.0 Å². The van der Waals surface area contributed by atoms with Crippen LogP contribution in [0.5, 0.6) is 0 Å². The number of carbonyl (C=O) groups is 1. The molecule has 2 aromatic heterocycles. The highest BCUT2D eigenvalue weighted by molar-refractivity contribution is 5.92. The first-order valence-electron chi connectivity index (χ1n) is 6.73. The molecule has 0 aliphatic carbocycles. The van der Waals surface area contributed by atoms with Crippen molar-refractivity contribution in [2.24, 2.45) is 0 Å². The fourth-order valence-electron chi connectivity index (χ4n) is 2.40. The second-order valence-electron chi connectivity index (χ2n) is 4.91. The molecule has 0 atom stereocenters. The fourth-order valence-corrected chi connectivity index (χ4v) is 2.40. The van der Waals surface area contributed by atoms with Crippen LogP contribution in [-0.4, -0.2) is 25.8 Å². The zero-order valence-corrected chi connectivity index (χ0v) is 11.8. The van der Waals surface area contributed by atoms with Gasteiger partial charge in [0.15, 0.2) is 5.76 Å². The summed E-state index contributed by atoms with van der Waals surface area (Å²) in [6.07, 6.45) is 0.754. The fraction of sp³-hybridized carbons (Fsp3) is 0.267. The molecule has 0 bridgehead atoms. The van der Waals surface area contributed by atoms with Crippen molar-refractivity contribution in [3.63, 3.8) is 0 Å². The van der Waals surface area contributed by atoms with Gasteiger partial charge in [-0.25, -0.2) is 9.78 Å². The quantitative estimate of drug-likeness (QED) is 0.797. The van der Waals surface area contributed by atoms with E-state index in [4.69, 9.17) is 9.63 Å². The number of carboxylic acid groups (broad SMARTS) is 1. The van der Waals surface area contributed by atoms with Crippen LogP contribution in [0.4, 0.5) is 0 Å². The van der Waals surface area contributed by atoms with Crippen molar-refractivity contribution in [2.75, 3.05) is 0 Å². The molecular weight excluding hydrogens is 270 g/mol. The summed E-state index contributed by atoms with van der Waals surface area (Å²) < 4.78 is 7.22. The molecule has 0 saturated carbocycles. The minimum atomic E-state index is -0.946. The minimum absolute atomic E-state index is 0.250. The van der Waals surface area contributed by atoms with Gasteiger partial charge in [-0.3, -0.25) is 0 Å². The van der Waals surface area contributed by atoms with E-state index in [2.05, 4.69) is 10.1 Å². The highest BCUT2D eigenvalue weighted by atomic mass is 16.5. The summed E-state index contributed by atoms with van der Waals surface area (Å²) in [4.78, 5) is 15.7. The van der Waals surface area contributed by atoms with Crippen molar-refractivity contribution in [1.29, 1.82) is 0 Å². The van der Waals surface area contributed by atoms with Gasteiger partial charge in [-0.1, -0.05) is 12.1 Å². The zero-order valence-electron chi connectivity index (χ0n) is 11.8. The molecular formula is C15H15N3O3. The van der Waals surface area contributed by atoms with Crippen molar-refractivity contribution in [3.05, 3.63) is 47.1 Å². The van der Waals surface area contributed by atoms with Crippen molar-refractivity contribution < 1.29 is 14.4 Å². The van der Waals surface area contributed by atoms with Gasteiger partial charge in [0.1, 0.15) is 5.82 Å². The molecule has 0 radical (unpaired) electrons. The number of aryl methyl sites for hydroxylation is 2. The number of imidazole rings is 1. The van der Waals surface area contributed by atoms with E-state index in [0.29, 0.717) is 6.54 Å². The lowest BCUT2D eigenvalue weighted by atomic mass is 10.2. The Morgan fingerprint density at radius 2 is 2.19 bits per heavy atom. The molecule has 0 spiro atoms. The van der Waals surface area contributed by atoms with Gasteiger partial charge in [-0.05, 0) is 25.1 Å². The molecule has 1 N–H and O–H groups in total. The predicted octanol–water partition coefficient (Wildman–Crippen LogP) is 2.64. The predicted molar refractivity (Wildman–Crippen MR) is 76.4 cm³/mol. The molecule has 21 heavy (non-hydrogen) atoms. The average Bonchev–Trinajstić information content (AvgIpc) is 3.02. The van der Waals surface area contributed by atoms with Gasteiger partial charge in [0, 0.05) is 12.5 Å². The molecule has 6 heteroatoms. The molecule has 3 rings (SSSR count). The number of hydrogen-bond acceptors (Lipinski definition) is 4. The molecule has 6 nitrogen and oxygen atoms in total. The van der Waals surface area contributed by atoms with E-state index < -0.39 is 5.97 Å². The molecule has 3 aromatic rings. The summed E-state index contributed by atoms with van der Waals surface area (Å²) in [5, 5.41) is 13.0. The number of carboxylic acids is 1. The zero-order chi connectivity index (χ0) is 15.0. The van der Waals surface area contributed by atoms with Gasteiger partial charge < -0.3 is 14.2 Å². The second-order valence-corrected chi connectivity index (χ2v) is 4.91. The highest BCUT2D eigenvalue weighted by Crippen LogP contribution is 2.20. The van der Waals surface area contributed by atoms with Crippen LogP contribution in [-0.2, 0) is 13.0 Å². The third-order valence-corrected chi connectivity index (χ3v) is 3.38. The monoisotopic (exact) mass is 285 g/mol. The number of fused-ring (bicyclic) bond motifs is 1. The van der Waals surface area contributed by atoms with Crippen LogP contribution in [0.25, 0.3) is 11.0 Å². The molecule has 2 heterocycles. The topological polar surface area (TPSA) is 81.1 Å². The van der Waals surface area contributed by atoms with Crippen LogP contribution >= 0.6 is 0 Å². The maximum Gasteiger partial charge on any atom is 0.335 e. The van der Waals surface area contributed by atoms with E-state index >= 15 is 0 Å². The third kappa shape index (κ3) is 2.40. The van der Waals surface area contributed by atoms with E-state index in [1.165, 1.54) is 0 Å². The van der Waals surface area contributed by atoms with Crippen LogP contribution in [0.3, 0.4) is 0 Å². The maximum absolute atomic E-state index is 11.1. The van der Waals surface area contributed by atoms with Crippen LogP contribution in [0.15, 0.2) is 28.8 Å². The van der Waals surface area contributed by atoms with Gasteiger partial charge in [0.05, 0.1) is 28.8 Å². The summed E-state index contributed by atoms with van der Waals surface area (Å²) in [7, 11) is 0. The Morgan fingerprint density at radius 3 is 2.81 bits per heavy atom. The Labute approximate surface area is 121 Å². The van der Waals surface area contributed by atoms with Crippen LogP contribution in [0, 0.1) is 6.92 Å². The third-order valence-electron chi connectivity index (χ3n) is 3.38. The van der Waals surface area contributed by atoms with Gasteiger partial charge >= 0.3 is 5.97 Å². The lowest BCUT2D eigenvalue weighted by Gasteiger charge is -2.05. The second kappa shape index (κ2) is 5.05. The Bertz CT molecular complexity index is 817. The molecule has 108 valence electrons. The van der Waals surface area contributed by atoms with E-state index in [1.807, 2.05) is 24.5 Å². The summed E-state index contributed by atoms with van der Waals surface area (Å²) in [6, 6.07) is 6.82. The van der Waals surface area contributed by atoms with E-state index in [1.54, 1.807) is 18.2 Å². The van der Waals surface area contributed by atoms with Crippen LogP contribution in [0.1, 0.15) is 34.6 Å². The Kier molecular flexibility index (Phi) is 3.21. The molecule has 0 fully saturated rings. The summed E-state index contributed by atoms with van der Waals surface area (Å²) in [6.45, 7) is 4.37. The van der Waals surface area contributed by atoms with Crippen molar-refractivity contribution in [3.8, 4) is 0 Å². The number of hydrogen-bond donors (Lipinski definition) is 1. The van der Waals surface area contributed by atoms with E-state index in [0.717, 1.165) is 34.7 Å². The van der Waals surface area contributed by atoms with Crippen molar-refractivity contribution in [1.82, 2.24) is 14.7 Å². The van der Waals surface area contributed by atoms with Crippen molar-refractivity contribution in [2.45, 2.75) is 26.8 Å². The number of aromatic nitrogens is 3. The van der Waals surface area contributed by atoms with Gasteiger partial charge in [-0.2, -0.15) is 0 Å². The first-order chi connectivity index (χ1) is 10.1. The molecule has 0 aliphatic heterocycles. The number of nitrogens with zero attached hydrogens (tertiary/aromatic N) is 3. The van der Waals surface area contributed by atoms with Gasteiger partial charge in [0.2, 0.25) is 0 Å². The first-order valence-corrected chi connectivity index (χ1v) is 6.73. The smallest absolute Gasteiger partial charge is 0.335 e. The first kappa shape index (κ1) is 13.4. The molecule has 0 unspecified atom stereocenters. The standard InChI is InChI=1S/C15H15N3O3/c1-3-14-16-12-5-4-10(15(19)20)7-13(12)18(14)8-11-6-9(2)17-21-11/h4-7H,3,8H2,1-2H3,(H,19,20). The Morgan fingerprint density at radius 1 is 1.38 bits per heavy atom. The Balaban J connectivity index is 2.13. The maximum atomic E-state index is 11.1. The molecule has 1 aromatic carbocycles. The lowest BCUT2D eigenvalue weighted by Crippen LogP contribution is -2.04. The SMILES string of the molecule is CCc1nc2ccc(C(=O)O)cc2n1Cc1cc(C)no1. The lowest BCUT2D eigenvalue weighted by molar-refractivity contribution is 0.0697. The van der Waals surface area contributed by atoms with E-state index in [-0.39, 0.29) is 5.56 Å². The number of rotatable bonds is 4. The van der Waals surface area contributed by atoms with E-state index in [9.17, 15) is 4.79 Å². The number of benzene rings is 1. The summed E-state index contributed by atoms with van der Waals surface area (Å²) >= 11 is 0.